The third-order valence-corrected chi connectivity index (χ3v) is 5.53. The van der Waals surface area contributed by atoms with Crippen LogP contribution in [-0.2, 0) is 10.0 Å². The van der Waals surface area contributed by atoms with Crippen molar-refractivity contribution in [1.82, 2.24) is 14.3 Å². The number of carboxylic acid groups (broad SMARTS) is 1. The molecule has 0 bridgehead atoms. The first kappa shape index (κ1) is 17.5. The zero-order chi connectivity index (χ0) is 18.2. The minimum absolute atomic E-state index is 0.0592. The fraction of sp³-hybridized carbons (Fsp3) is 0.353. The molecule has 1 atom stereocenters. The largest absolute Gasteiger partial charge is 0.478 e. The summed E-state index contributed by atoms with van der Waals surface area (Å²) < 4.78 is 24.8. The number of aromatic carboxylic acids is 1. The van der Waals surface area contributed by atoms with E-state index in [1.54, 1.807) is 24.3 Å². The van der Waals surface area contributed by atoms with Crippen molar-refractivity contribution in [2.75, 3.05) is 19.3 Å². The molecule has 25 heavy (non-hydrogen) atoms. The quantitative estimate of drug-likeness (QED) is 0.893. The molecule has 8 heteroatoms. The van der Waals surface area contributed by atoms with Gasteiger partial charge < -0.3 is 5.11 Å². The SMILES string of the molecule is Cc1cc(-c2cccc(C(=O)O)c2)nc([C@H]2CCN(S(C)(=O)=O)C2)n1. The number of hydrogen-bond donors (Lipinski definition) is 1. The Hall–Kier alpha value is -2.32. The zero-order valence-electron chi connectivity index (χ0n) is 14.0. The predicted octanol–water partition coefficient (Wildman–Crippen LogP) is 1.90. The molecule has 1 aliphatic rings. The second kappa shape index (κ2) is 6.53. The predicted molar refractivity (Wildman–Crippen MR) is 92.9 cm³/mol. The summed E-state index contributed by atoms with van der Waals surface area (Å²) in [5.41, 5.74) is 2.30. The zero-order valence-corrected chi connectivity index (χ0v) is 14.8. The lowest BCUT2D eigenvalue weighted by Crippen LogP contribution is -2.27. The Labute approximate surface area is 146 Å². The standard InChI is InChI=1S/C17H19N3O4S/c1-11-8-15(12-4-3-5-13(9-12)17(21)22)19-16(18-11)14-6-7-20(10-14)25(2,23)24/h3-5,8-9,14H,6-7,10H2,1-2H3,(H,21,22)/t14-/m0/s1. The van der Waals surface area contributed by atoms with Crippen LogP contribution >= 0.6 is 0 Å². The van der Waals surface area contributed by atoms with Gasteiger partial charge in [-0.15, -0.1) is 0 Å². The van der Waals surface area contributed by atoms with Crippen LogP contribution < -0.4 is 0 Å². The lowest BCUT2D eigenvalue weighted by Gasteiger charge is -2.14. The number of sulfonamides is 1. The van der Waals surface area contributed by atoms with Crippen LogP contribution in [0.4, 0.5) is 0 Å². The fourth-order valence-electron chi connectivity index (χ4n) is 2.97. The summed E-state index contributed by atoms with van der Waals surface area (Å²) in [4.78, 5) is 20.2. The van der Waals surface area contributed by atoms with E-state index in [2.05, 4.69) is 9.97 Å². The van der Waals surface area contributed by atoms with Crippen LogP contribution in [-0.4, -0.2) is 53.1 Å². The fourth-order valence-corrected chi connectivity index (χ4v) is 3.86. The van der Waals surface area contributed by atoms with Crippen LogP contribution in [0.3, 0.4) is 0 Å². The van der Waals surface area contributed by atoms with Gasteiger partial charge >= 0.3 is 5.97 Å². The summed E-state index contributed by atoms with van der Waals surface area (Å²) in [7, 11) is -3.22. The van der Waals surface area contributed by atoms with Crippen molar-refractivity contribution in [1.29, 1.82) is 0 Å². The maximum atomic E-state index is 11.7. The number of carboxylic acids is 1. The number of aromatic nitrogens is 2. The number of nitrogens with zero attached hydrogens (tertiary/aromatic N) is 3. The topological polar surface area (TPSA) is 100 Å². The van der Waals surface area contributed by atoms with E-state index < -0.39 is 16.0 Å². The number of carbonyl (C=O) groups is 1. The van der Waals surface area contributed by atoms with Crippen molar-refractivity contribution in [2.24, 2.45) is 0 Å². The monoisotopic (exact) mass is 361 g/mol. The maximum Gasteiger partial charge on any atom is 0.335 e. The second-order valence-corrected chi connectivity index (χ2v) is 8.23. The molecule has 0 unspecified atom stereocenters. The number of hydrogen-bond acceptors (Lipinski definition) is 5. The van der Waals surface area contributed by atoms with Gasteiger partial charge in [-0.25, -0.2) is 27.5 Å². The van der Waals surface area contributed by atoms with E-state index in [4.69, 9.17) is 5.11 Å². The van der Waals surface area contributed by atoms with Gasteiger partial charge in [0.1, 0.15) is 5.82 Å². The van der Waals surface area contributed by atoms with Gasteiger partial charge in [-0.05, 0) is 31.5 Å². The highest BCUT2D eigenvalue weighted by Gasteiger charge is 2.31. The van der Waals surface area contributed by atoms with E-state index in [1.807, 2.05) is 6.92 Å². The van der Waals surface area contributed by atoms with Gasteiger partial charge in [-0.2, -0.15) is 0 Å². The Balaban J connectivity index is 1.94. The molecule has 0 radical (unpaired) electrons. The van der Waals surface area contributed by atoms with Crippen LogP contribution in [0.25, 0.3) is 11.3 Å². The van der Waals surface area contributed by atoms with E-state index in [-0.39, 0.29) is 11.5 Å². The molecule has 1 fully saturated rings. The molecule has 2 heterocycles. The van der Waals surface area contributed by atoms with Gasteiger partial charge in [0.05, 0.1) is 17.5 Å². The normalized spacial score (nSPS) is 18.4. The first-order valence-corrected chi connectivity index (χ1v) is 9.73. The molecule has 1 saturated heterocycles. The Morgan fingerprint density at radius 3 is 2.68 bits per heavy atom. The van der Waals surface area contributed by atoms with Crippen LogP contribution in [0.15, 0.2) is 30.3 Å². The van der Waals surface area contributed by atoms with E-state index in [0.29, 0.717) is 36.6 Å². The minimum atomic E-state index is -3.22. The summed E-state index contributed by atoms with van der Waals surface area (Å²) in [6.07, 6.45) is 1.88. The van der Waals surface area contributed by atoms with Crippen LogP contribution in [0.5, 0.6) is 0 Å². The Bertz CT molecular complexity index is 927. The molecular weight excluding hydrogens is 342 g/mol. The van der Waals surface area contributed by atoms with Crippen molar-refractivity contribution in [3.63, 3.8) is 0 Å². The number of benzene rings is 1. The molecule has 0 saturated carbocycles. The van der Waals surface area contributed by atoms with Crippen molar-refractivity contribution in [2.45, 2.75) is 19.3 Å². The summed E-state index contributed by atoms with van der Waals surface area (Å²) in [5.74, 6) is -0.453. The Kier molecular flexibility index (Phi) is 4.57. The summed E-state index contributed by atoms with van der Waals surface area (Å²) >= 11 is 0. The third kappa shape index (κ3) is 3.85. The maximum absolute atomic E-state index is 11.7. The average molecular weight is 361 g/mol. The summed E-state index contributed by atoms with van der Waals surface area (Å²) in [6.45, 7) is 2.68. The highest BCUT2D eigenvalue weighted by Crippen LogP contribution is 2.28. The molecule has 0 amide bonds. The molecular formula is C17H19N3O4S. The minimum Gasteiger partial charge on any atom is -0.478 e. The van der Waals surface area contributed by atoms with Crippen LogP contribution in [0, 0.1) is 6.92 Å². The van der Waals surface area contributed by atoms with Crippen molar-refractivity contribution < 1.29 is 18.3 Å². The third-order valence-electron chi connectivity index (χ3n) is 4.26. The van der Waals surface area contributed by atoms with Gasteiger partial charge in [-0.1, -0.05) is 12.1 Å². The highest BCUT2D eigenvalue weighted by molar-refractivity contribution is 7.88. The highest BCUT2D eigenvalue weighted by atomic mass is 32.2. The average Bonchev–Trinajstić information content (AvgIpc) is 3.04. The van der Waals surface area contributed by atoms with Gasteiger partial charge in [0, 0.05) is 30.3 Å². The second-order valence-electron chi connectivity index (χ2n) is 6.25. The number of aryl methyl sites for hydroxylation is 1. The lowest BCUT2D eigenvalue weighted by atomic mass is 10.1. The van der Waals surface area contributed by atoms with Crippen molar-refractivity contribution in [3.05, 3.63) is 47.4 Å². The van der Waals surface area contributed by atoms with E-state index in [1.165, 1.54) is 16.6 Å². The number of rotatable bonds is 4. The molecule has 1 aliphatic heterocycles. The smallest absolute Gasteiger partial charge is 0.335 e. The van der Waals surface area contributed by atoms with Gasteiger partial charge in [0.15, 0.2) is 0 Å². The Morgan fingerprint density at radius 1 is 1.28 bits per heavy atom. The van der Waals surface area contributed by atoms with Crippen LogP contribution in [0.2, 0.25) is 0 Å². The van der Waals surface area contributed by atoms with Crippen molar-refractivity contribution >= 4 is 16.0 Å². The van der Waals surface area contributed by atoms with Crippen molar-refractivity contribution in [3.8, 4) is 11.3 Å². The molecule has 3 rings (SSSR count). The van der Waals surface area contributed by atoms with Gasteiger partial charge in [-0.3, -0.25) is 0 Å². The van der Waals surface area contributed by atoms with Crippen LogP contribution in [0.1, 0.15) is 34.2 Å². The van der Waals surface area contributed by atoms with Gasteiger partial charge in [0.2, 0.25) is 10.0 Å². The molecule has 0 spiro atoms. The summed E-state index contributed by atoms with van der Waals surface area (Å²) in [5, 5.41) is 9.15. The Morgan fingerprint density at radius 2 is 2.04 bits per heavy atom. The first-order valence-electron chi connectivity index (χ1n) is 7.88. The summed E-state index contributed by atoms with van der Waals surface area (Å²) in [6, 6.07) is 8.38. The molecule has 1 aromatic heterocycles. The lowest BCUT2D eigenvalue weighted by molar-refractivity contribution is 0.0697. The molecule has 1 N–H and O–H groups in total. The molecule has 1 aromatic carbocycles. The van der Waals surface area contributed by atoms with E-state index in [0.717, 1.165) is 5.69 Å². The molecule has 132 valence electrons. The molecule has 0 aliphatic carbocycles. The van der Waals surface area contributed by atoms with E-state index >= 15 is 0 Å². The van der Waals surface area contributed by atoms with E-state index in [9.17, 15) is 13.2 Å². The first-order chi connectivity index (χ1) is 11.7. The molecule has 7 nitrogen and oxygen atoms in total. The molecule has 2 aromatic rings. The van der Waals surface area contributed by atoms with Gasteiger partial charge in [0.25, 0.3) is 0 Å².